The van der Waals surface area contributed by atoms with E-state index in [1.807, 2.05) is 7.05 Å². The minimum absolute atomic E-state index is 0.490. The van der Waals surface area contributed by atoms with E-state index in [2.05, 4.69) is 4.90 Å². The normalized spacial score (nSPS) is 27.5. The lowest BCUT2D eigenvalue weighted by Crippen LogP contribution is -2.28. The third kappa shape index (κ3) is 3.34. The molecule has 0 bridgehead atoms. The lowest BCUT2D eigenvalue weighted by Gasteiger charge is -2.23. The SMILES string of the molecule is CN1CCOP(C)(=O)OCC1. The van der Waals surface area contributed by atoms with E-state index in [-0.39, 0.29) is 0 Å². The minimum atomic E-state index is -2.71. The van der Waals surface area contributed by atoms with Gasteiger partial charge in [-0.05, 0) is 7.05 Å². The summed E-state index contributed by atoms with van der Waals surface area (Å²) in [5.74, 6) is 0. The van der Waals surface area contributed by atoms with Gasteiger partial charge in [0.1, 0.15) is 0 Å². The highest BCUT2D eigenvalue weighted by Gasteiger charge is 2.19. The molecule has 66 valence electrons. The summed E-state index contributed by atoms with van der Waals surface area (Å²) in [6.45, 7) is 4.13. The summed E-state index contributed by atoms with van der Waals surface area (Å²) in [4.78, 5) is 2.08. The molecule has 0 aromatic rings. The molecule has 1 fully saturated rings. The fourth-order valence-electron chi connectivity index (χ4n) is 0.874. The van der Waals surface area contributed by atoms with Gasteiger partial charge in [-0.2, -0.15) is 0 Å². The Hall–Kier alpha value is 0.110. The number of hydrogen-bond acceptors (Lipinski definition) is 4. The maximum absolute atomic E-state index is 11.3. The van der Waals surface area contributed by atoms with Crippen molar-refractivity contribution in [2.45, 2.75) is 0 Å². The smallest absolute Gasteiger partial charge is 0.307 e. The Kier molecular flexibility index (Phi) is 3.07. The van der Waals surface area contributed by atoms with E-state index in [9.17, 15) is 4.57 Å². The quantitative estimate of drug-likeness (QED) is 0.515. The molecule has 1 heterocycles. The molecule has 0 atom stereocenters. The van der Waals surface area contributed by atoms with Gasteiger partial charge in [-0.3, -0.25) is 4.57 Å². The Morgan fingerprint density at radius 3 is 2.18 bits per heavy atom. The summed E-state index contributed by atoms with van der Waals surface area (Å²) in [7, 11) is -0.726. The minimum Gasteiger partial charge on any atom is -0.307 e. The van der Waals surface area contributed by atoms with Crippen LogP contribution in [-0.2, 0) is 13.6 Å². The molecule has 1 saturated heterocycles. The van der Waals surface area contributed by atoms with Crippen LogP contribution in [0.3, 0.4) is 0 Å². The average molecular weight is 179 g/mol. The predicted octanol–water partition coefficient (Wildman–Crippen LogP) is 0.788. The highest BCUT2D eigenvalue weighted by Crippen LogP contribution is 2.43. The summed E-state index contributed by atoms with van der Waals surface area (Å²) >= 11 is 0. The van der Waals surface area contributed by atoms with Crippen LogP contribution >= 0.6 is 7.60 Å². The first-order chi connectivity index (χ1) is 5.10. The van der Waals surface area contributed by atoms with Crippen LogP contribution in [0.1, 0.15) is 0 Å². The zero-order valence-electron chi connectivity index (χ0n) is 6.95. The van der Waals surface area contributed by atoms with Crippen molar-refractivity contribution in [1.29, 1.82) is 0 Å². The third-order valence-corrected chi connectivity index (χ3v) is 2.90. The number of rotatable bonds is 0. The van der Waals surface area contributed by atoms with Crippen molar-refractivity contribution >= 4 is 7.60 Å². The third-order valence-electron chi connectivity index (χ3n) is 1.60. The van der Waals surface area contributed by atoms with Crippen molar-refractivity contribution in [3.63, 3.8) is 0 Å². The van der Waals surface area contributed by atoms with Gasteiger partial charge in [0.2, 0.25) is 0 Å². The Bertz CT molecular complexity index is 159. The average Bonchev–Trinajstić information content (AvgIpc) is 1.83. The van der Waals surface area contributed by atoms with Crippen LogP contribution in [-0.4, -0.2) is 44.9 Å². The van der Waals surface area contributed by atoms with Crippen LogP contribution in [0.5, 0.6) is 0 Å². The van der Waals surface area contributed by atoms with Crippen molar-refractivity contribution in [2.24, 2.45) is 0 Å². The van der Waals surface area contributed by atoms with Gasteiger partial charge in [-0.25, -0.2) is 0 Å². The Balaban J connectivity index is 2.41. The summed E-state index contributed by atoms with van der Waals surface area (Å²) in [6.07, 6.45) is 0. The molecular weight excluding hydrogens is 165 g/mol. The maximum Gasteiger partial charge on any atom is 0.327 e. The van der Waals surface area contributed by atoms with E-state index in [0.717, 1.165) is 13.1 Å². The summed E-state index contributed by atoms with van der Waals surface area (Å²) in [6, 6.07) is 0. The van der Waals surface area contributed by atoms with Crippen molar-refractivity contribution in [3.8, 4) is 0 Å². The number of likely N-dealkylation sites (N-methyl/N-ethyl adjacent to an activating group) is 1. The molecule has 11 heavy (non-hydrogen) atoms. The molecule has 0 amide bonds. The van der Waals surface area contributed by atoms with Gasteiger partial charge in [-0.1, -0.05) is 0 Å². The van der Waals surface area contributed by atoms with Gasteiger partial charge in [0, 0.05) is 19.8 Å². The number of nitrogens with zero attached hydrogens (tertiary/aromatic N) is 1. The standard InChI is InChI=1S/C6H14NO3P/c1-7-3-5-9-11(2,8)10-6-4-7/h3-6H2,1-2H3. The first-order valence-corrected chi connectivity index (χ1v) is 5.64. The first kappa shape index (κ1) is 9.20. The van der Waals surface area contributed by atoms with E-state index in [1.54, 1.807) is 0 Å². The van der Waals surface area contributed by atoms with E-state index in [4.69, 9.17) is 9.05 Å². The highest BCUT2D eigenvalue weighted by atomic mass is 31.2. The molecule has 0 N–H and O–H groups in total. The fourth-order valence-corrected chi connectivity index (χ4v) is 1.78. The Morgan fingerprint density at radius 1 is 1.27 bits per heavy atom. The molecule has 0 aromatic carbocycles. The van der Waals surface area contributed by atoms with Crippen molar-refractivity contribution in [3.05, 3.63) is 0 Å². The van der Waals surface area contributed by atoms with Gasteiger partial charge < -0.3 is 13.9 Å². The summed E-state index contributed by atoms with van der Waals surface area (Å²) in [5, 5.41) is 0. The Labute approximate surface area is 67.0 Å². The predicted molar refractivity (Wildman–Crippen MR) is 42.9 cm³/mol. The molecule has 0 aromatic heterocycles. The topological polar surface area (TPSA) is 38.8 Å². The van der Waals surface area contributed by atoms with Crippen molar-refractivity contribution < 1.29 is 13.6 Å². The van der Waals surface area contributed by atoms with Crippen LogP contribution in [0.15, 0.2) is 0 Å². The van der Waals surface area contributed by atoms with Crippen LogP contribution in [0.25, 0.3) is 0 Å². The van der Waals surface area contributed by atoms with E-state index < -0.39 is 7.60 Å². The van der Waals surface area contributed by atoms with Gasteiger partial charge in [0.25, 0.3) is 0 Å². The first-order valence-electron chi connectivity index (χ1n) is 3.65. The second-order valence-corrected chi connectivity index (χ2v) is 4.80. The van der Waals surface area contributed by atoms with Crippen molar-refractivity contribution in [1.82, 2.24) is 4.90 Å². The zero-order valence-corrected chi connectivity index (χ0v) is 7.84. The molecule has 4 nitrogen and oxygen atoms in total. The van der Waals surface area contributed by atoms with Crippen LogP contribution < -0.4 is 0 Å². The molecule has 1 aliphatic rings. The van der Waals surface area contributed by atoms with E-state index in [1.165, 1.54) is 6.66 Å². The second kappa shape index (κ2) is 3.68. The van der Waals surface area contributed by atoms with Crippen LogP contribution in [0.2, 0.25) is 0 Å². The zero-order chi connectivity index (χ0) is 8.32. The van der Waals surface area contributed by atoms with E-state index >= 15 is 0 Å². The molecule has 0 radical (unpaired) electrons. The monoisotopic (exact) mass is 179 g/mol. The molecule has 0 aliphatic carbocycles. The van der Waals surface area contributed by atoms with Gasteiger partial charge in [0.15, 0.2) is 0 Å². The molecule has 1 aliphatic heterocycles. The fraction of sp³-hybridized carbons (Fsp3) is 1.00. The number of hydrogen-bond donors (Lipinski definition) is 0. The van der Waals surface area contributed by atoms with E-state index in [0.29, 0.717) is 13.2 Å². The largest absolute Gasteiger partial charge is 0.327 e. The molecule has 0 unspecified atom stereocenters. The molecule has 5 heteroatoms. The molecular formula is C6H14NO3P. The summed E-state index contributed by atoms with van der Waals surface area (Å²) < 4.78 is 21.3. The Morgan fingerprint density at radius 2 is 1.73 bits per heavy atom. The second-order valence-electron chi connectivity index (χ2n) is 2.74. The van der Waals surface area contributed by atoms with Crippen LogP contribution in [0, 0.1) is 0 Å². The molecule has 0 saturated carbocycles. The lowest BCUT2D eigenvalue weighted by molar-refractivity contribution is 0.137. The lowest BCUT2D eigenvalue weighted by atomic mass is 10.5. The molecule has 1 rings (SSSR count). The van der Waals surface area contributed by atoms with Gasteiger partial charge in [0.05, 0.1) is 13.2 Å². The van der Waals surface area contributed by atoms with Crippen molar-refractivity contribution in [2.75, 3.05) is 40.0 Å². The maximum atomic E-state index is 11.3. The van der Waals surface area contributed by atoms with Crippen LogP contribution in [0.4, 0.5) is 0 Å². The van der Waals surface area contributed by atoms with Gasteiger partial charge >= 0.3 is 7.60 Å². The summed E-state index contributed by atoms with van der Waals surface area (Å²) in [5.41, 5.74) is 0. The highest BCUT2D eigenvalue weighted by molar-refractivity contribution is 7.52. The van der Waals surface area contributed by atoms with Gasteiger partial charge in [-0.15, -0.1) is 0 Å². The molecule has 0 spiro atoms.